The first-order valence-corrected chi connectivity index (χ1v) is 8.99. The Balaban J connectivity index is 1.46. The van der Waals surface area contributed by atoms with E-state index in [0.29, 0.717) is 17.6 Å². The molecule has 25 heavy (non-hydrogen) atoms. The molecule has 1 aromatic carbocycles. The summed E-state index contributed by atoms with van der Waals surface area (Å²) in [5.41, 5.74) is 2.74. The van der Waals surface area contributed by atoms with Crippen molar-refractivity contribution in [2.75, 3.05) is 25.0 Å². The maximum atomic E-state index is 11.5. The highest BCUT2D eigenvalue weighted by atomic mass is 16.1. The van der Waals surface area contributed by atoms with Crippen molar-refractivity contribution in [3.63, 3.8) is 0 Å². The van der Waals surface area contributed by atoms with Crippen molar-refractivity contribution in [1.82, 2.24) is 14.9 Å². The Hall–Kier alpha value is -2.27. The van der Waals surface area contributed by atoms with Gasteiger partial charge in [-0.25, -0.2) is 9.97 Å². The number of ketones is 1. The van der Waals surface area contributed by atoms with Crippen LogP contribution in [-0.4, -0.2) is 46.3 Å². The molecular formula is C20H26N4O. The van der Waals surface area contributed by atoms with Crippen molar-refractivity contribution in [3.05, 3.63) is 53.3 Å². The van der Waals surface area contributed by atoms with Gasteiger partial charge in [0.1, 0.15) is 0 Å². The Morgan fingerprint density at radius 2 is 1.96 bits per heavy atom. The van der Waals surface area contributed by atoms with Crippen molar-refractivity contribution >= 4 is 11.7 Å². The summed E-state index contributed by atoms with van der Waals surface area (Å²) in [7, 11) is 0. The van der Waals surface area contributed by atoms with Crippen molar-refractivity contribution in [1.29, 1.82) is 0 Å². The molecule has 1 aliphatic rings. The van der Waals surface area contributed by atoms with E-state index in [0.717, 1.165) is 44.6 Å². The number of nitrogens with one attached hydrogen (secondary N) is 1. The first-order valence-electron chi connectivity index (χ1n) is 8.99. The molecule has 0 spiro atoms. The summed E-state index contributed by atoms with van der Waals surface area (Å²) in [5.74, 6) is 0.640. The molecule has 1 aromatic heterocycles. The zero-order valence-corrected chi connectivity index (χ0v) is 15.0. The molecule has 2 heterocycles. The number of Topliss-reactive ketones (excluding diaryl/α,β-unsaturated/α-hetero) is 1. The summed E-state index contributed by atoms with van der Waals surface area (Å²) in [4.78, 5) is 22.7. The molecule has 1 N–H and O–H groups in total. The van der Waals surface area contributed by atoms with Crippen LogP contribution in [0.2, 0.25) is 0 Å². The van der Waals surface area contributed by atoms with Gasteiger partial charge >= 0.3 is 0 Å². The molecule has 0 unspecified atom stereocenters. The number of rotatable bonds is 6. The predicted molar refractivity (Wildman–Crippen MR) is 100 cm³/mol. The zero-order valence-electron chi connectivity index (χ0n) is 15.0. The predicted octanol–water partition coefficient (Wildman–Crippen LogP) is 3.11. The molecule has 2 aromatic rings. The average molecular weight is 338 g/mol. The van der Waals surface area contributed by atoms with Crippen LogP contribution in [0.1, 0.15) is 41.4 Å². The summed E-state index contributed by atoms with van der Waals surface area (Å²) in [6, 6.07) is 11.1. The first-order chi connectivity index (χ1) is 12.1. The monoisotopic (exact) mass is 338 g/mol. The van der Waals surface area contributed by atoms with Gasteiger partial charge in [0.25, 0.3) is 0 Å². The molecule has 1 fully saturated rings. The number of hydrogen-bond donors (Lipinski definition) is 1. The highest BCUT2D eigenvalue weighted by Gasteiger charge is 2.20. The molecule has 0 radical (unpaired) electrons. The SMILES string of the molecule is CC(=O)c1cnc(NC2CCN(CCc3ccccc3)CC2)nc1C. The number of anilines is 1. The number of aryl methyl sites for hydroxylation is 1. The van der Waals surface area contributed by atoms with E-state index in [1.807, 2.05) is 6.92 Å². The van der Waals surface area contributed by atoms with Gasteiger partial charge in [0.05, 0.1) is 11.3 Å². The van der Waals surface area contributed by atoms with E-state index in [-0.39, 0.29) is 5.78 Å². The average Bonchev–Trinajstić information content (AvgIpc) is 2.62. The molecule has 0 amide bonds. The van der Waals surface area contributed by atoms with E-state index >= 15 is 0 Å². The number of benzene rings is 1. The lowest BCUT2D eigenvalue weighted by Crippen LogP contribution is -2.40. The van der Waals surface area contributed by atoms with Crippen molar-refractivity contribution in [2.45, 2.75) is 39.2 Å². The van der Waals surface area contributed by atoms with E-state index in [9.17, 15) is 4.79 Å². The van der Waals surface area contributed by atoms with Gasteiger partial charge in [0.2, 0.25) is 5.95 Å². The number of nitrogens with zero attached hydrogens (tertiary/aromatic N) is 3. The van der Waals surface area contributed by atoms with E-state index < -0.39 is 0 Å². The molecule has 1 saturated heterocycles. The smallest absolute Gasteiger partial charge is 0.223 e. The third kappa shape index (κ3) is 4.86. The van der Waals surface area contributed by atoms with Crippen LogP contribution in [-0.2, 0) is 6.42 Å². The summed E-state index contributed by atoms with van der Waals surface area (Å²) in [6.07, 6.45) is 4.91. The molecule has 5 nitrogen and oxygen atoms in total. The maximum absolute atomic E-state index is 11.5. The number of piperidine rings is 1. The van der Waals surface area contributed by atoms with Gasteiger partial charge in [-0.2, -0.15) is 0 Å². The van der Waals surface area contributed by atoms with Gasteiger partial charge in [-0.3, -0.25) is 4.79 Å². The Labute approximate surface area is 149 Å². The number of carbonyl (C=O) groups is 1. The number of hydrogen-bond acceptors (Lipinski definition) is 5. The molecule has 132 valence electrons. The van der Waals surface area contributed by atoms with Gasteiger partial charge in [-0.15, -0.1) is 0 Å². The molecule has 0 atom stereocenters. The van der Waals surface area contributed by atoms with Crippen LogP contribution in [0, 0.1) is 6.92 Å². The number of carbonyl (C=O) groups excluding carboxylic acids is 1. The minimum Gasteiger partial charge on any atom is -0.351 e. The first kappa shape index (κ1) is 17.5. The third-order valence-electron chi connectivity index (χ3n) is 4.84. The molecule has 0 bridgehead atoms. The molecule has 0 aliphatic carbocycles. The molecule has 1 aliphatic heterocycles. The second-order valence-corrected chi connectivity index (χ2v) is 6.74. The third-order valence-corrected chi connectivity index (χ3v) is 4.84. The van der Waals surface area contributed by atoms with Crippen LogP contribution in [0.4, 0.5) is 5.95 Å². The lowest BCUT2D eigenvalue weighted by Gasteiger charge is -2.32. The number of aromatic nitrogens is 2. The standard InChI is InChI=1S/C20H26N4O/c1-15-19(16(2)25)14-21-20(22-15)23-18-9-12-24(13-10-18)11-8-17-6-4-3-5-7-17/h3-7,14,18H,8-13H2,1-2H3,(H,21,22,23). The highest BCUT2D eigenvalue weighted by molar-refractivity contribution is 5.94. The Bertz CT molecular complexity index is 709. The van der Waals surface area contributed by atoms with E-state index in [4.69, 9.17) is 0 Å². The summed E-state index contributed by atoms with van der Waals surface area (Å²) in [5, 5.41) is 3.42. The highest BCUT2D eigenvalue weighted by Crippen LogP contribution is 2.16. The van der Waals surface area contributed by atoms with Crippen LogP contribution in [0.3, 0.4) is 0 Å². The van der Waals surface area contributed by atoms with E-state index in [1.54, 1.807) is 13.1 Å². The Morgan fingerprint density at radius 1 is 1.24 bits per heavy atom. The van der Waals surface area contributed by atoms with Gasteiger partial charge in [0, 0.05) is 31.9 Å². The maximum Gasteiger partial charge on any atom is 0.223 e. The summed E-state index contributed by atoms with van der Waals surface area (Å²) in [6.45, 7) is 6.70. The quantitative estimate of drug-likeness (QED) is 0.820. The molecule has 0 saturated carbocycles. The van der Waals surface area contributed by atoms with E-state index in [1.165, 1.54) is 5.56 Å². The van der Waals surface area contributed by atoms with Crippen molar-refractivity contribution < 1.29 is 4.79 Å². The molecule has 5 heteroatoms. The van der Waals surface area contributed by atoms with Gasteiger partial charge < -0.3 is 10.2 Å². The van der Waals surface area contributed by atoms with E-state index in [2.05, 4.69) is 50.5 Å². The Kier molecular flexibility index (Phi) is 5.76. The summed E-state index contributed by atoms with van der Waals surface area (Å²) >= 11 is 0. The lowest BCUT2D eigenvalue weighted by atomic mass is 10.0. The fourth-order valence-electron chi connectivity index (χ4n) is 3.30. The molecule has 3 rings (SSSR count). The largest absolute Gasteiger partial charge is 0.351 e. The minimum atomic E-state index is 0.00998. The van der Waals surface area contributed by atoms with Crippen LogP contribution in [0.5, 0.6) is 0 Å². The second-order valence-electron chi connectivity index (χ2n) is 6.74. The van der Waals surface area contributed by atoms with Crippen molar-refractivity contribution in [2.24, 2.45) is 0 Å². The second kappa shape index (κ2) is 8.21. The van der Waals surface area contributed by atoms with Crippen LogP contribution >= 0.6 is 0 Å². The number of likely N-dealkylation sites (tertiary alicyclic amines) is 1. The lowest BCUT2D eigenvalue weighted by molar-refractivity contribution is 0.101. The minimum absolute atomic E-state index is 0.00998. The van der Waals surface area contributed by atoms with Gasteiger partial charge in [0.15, 0.2) is 5.78 Å². The van der Waals surface area contributed by atoms with Crippen LogP contribution in [0.15, 0.2) is 36.5 Å². The molecular weight excluding hydrogens is 312 g/mol. The van der Waals surface area contributed by atoms with Crippen LogP contribution in [0.25, 0.3) is 0 Å². The fourth-order valence-corrected chi connectivity index (χ4v) is 3.30. The topological polar surface area (TPSA) is 58.1 Å². The van der Waals surface area contributed by atoms with Crippen molar-refractivity contribution in [3.8, 4) is 0 Å². The van der Waals surface area contributed by atoms with Gasteiger partial charge in [-0.1, -0.05) is 30.3 Å². The fraction of sp³-hybridized carbons (Fsp3) is 0.450. The normalized spacial score (nSPS) is 15.9. The zero-order chi connectivity index (χ0) is 17.6. The Morgan fingerprint density at radius 3 is 2.60 bits per heavy atom. The summed E-state index contributed by atoms with van der Waals surface area (Å²) < 4.78 is 0. The van der Waals surface area contributed by atoms with Gasteiger partial charge in [-0.05, 0) is 38.7 Å². The van der Waals surface area contributed by atoms with Crippen LogP contribution < -0.4 is 5.32 Å².